The van der Waals surface area contributed by atoms with E-state index in [2.05, 4.69) is 20.7 Å². The van der Waals surface area contributed by atoms with Gasteiger partial charge in [-0.2, -0.15) is 5.10 Å². The molecule has 2 aromatic rings. The van der Waals surface area contributed by atoms with Gasteiger partial charge in [0.1, 0.15) is 0 Å². The van der Waals surface area contributed by atoms with E-state index in [1.54, 1.807) is 6.07 Å². The van der Waals surface area contributed by atoms with Crippen molar-refractivity contribution in [2.24, 2.45) is 12.0 Å². The number of aliphatic hydroxyl groups excluding tert-OH is 1. The minimum absolute atomic E-state index is 0. The van der Waals surface area contributed by atoms with Crippen LogP contribution in [0.5, 0.6) is 0 Å². The normalized spacial score (nSPS) is 12.5. The third-order valence-corrected chi connectivity index (χ3v) is 4.47. The zero-order chi connectivity index (χ0) is 18.4. The maximum absolute atomic E-state index is 10.4. The van der Waals surface area contributed by atoms with Crippen LogP contribution < -0.4 is 10.6 Å². The van der Waals surface area contributed by atoms with Gasteiger partial charge in [0.05, 0.1) is 18.3 Å². The van der Waals surface area contributed by atoms with Gasteiger partial charge in [-0.05, 0) is 26.8 Å². The van der Waals surface area contributed by atoms with E-state index >= 15 is 0 Å². The monoisotopic (exact) mass is 491 g/mol. The SMILES string of the molecule is CCNC(=NCc1c(C)nn(C)c1C)NCC(O)c1ccccc1Cl.I. The fraction of sp³-hybridized carbons (Fsp3) is 0.444. The molecule has 1 atom stereocenters. The van der Waals surface area contributed by atoms with E-state index in [1.165, 1.54) is 0 Å². The molecule has 26 heavy (non-hydrogen) atoms. The first-order valence-corrected chi connectivity index (χ1v) is 8.75. The molecule has 2 rings (SSSR count). The van der Waals surface area contributed by atoms with Crippen LogP contribution in [0.2, 0.25) is 5.02 Å². The zero-order valence-corrected chi connectivity index (χ0v) is 18.7. The lowest BCUT2D eigenvalue weighted by Crippen LogP contribution is -2.39. The minimum atomic E-state index is -0.709. The van der Waals surface area contributed by atoms with Gasteiger partial charge in [0.15, 0.2) is 5.96 Å². The summed E-state index contributed by atoms with van der Waals surface area (Å²) < 4.78 is 1.86. The molecular formula is C18H27ClIN5O. The maximum atomic E-state index is 10.4. The van der Waals surface area contributed by atoms with E-state index in [0.717, 1.165) is 23.5 Å². The molecule has 0 saturated heterocycles. The number of aliphatic hydroxyl groups is 1. The van der Waals surface area contributed by atoms with Crippen LogP contribution in [0, 0.1) is 13.8 Å². The second-order valence-corrected chi connectivity index (χ2v) is 6.29. The van der Waals surface area contributed by atoms with Gasteiger partial charge in [-0.3, -0.25) is 4.68 Å². The molecule has 1 aromatic heterocycles. The van der Waals surface area contributed by atoms with Crippen molar-refractivity contribution < 1.29 is 5.11 Å². The second-order valence-electron chi connectivity index (χ2n) is 5.89. The van der Waals surface area contributed by atoms with Gasteiger partial charge in [-0.15, -0.1) is 24.0 Å². The standard InChI is InChI=1S/C18H26ClN5O.HI/c1-5-20-18(21-10-15-12(2)23-24(4)13(15)3)22-11-17(25)14-8-6-7-9-16(14)19;/h6-9,17,25H,5,10-11H2,1-4H3,(H2,20,21,22);1H. The number of guanidine groups is 1. The quantitative estimate of drug-likeness (QED) is 0.330. The third-order valence-electron chi connectivity index (χ3n) is 4.13. The number of halogens is 2. The molecule has 1 unspecified atom stereocenters. The van der Waals surface area contributed by atoms with Gasteiger partial charge in [0, 0.05) is 42.0 Å². The summed E-state index contributed by atoms with van der Waals surface area (Å²) in [6, 6.07) is 7.29. The molecule has 0 amide bonds. The number of aryl methyl sites for hydroxylation is 2. The second kappa shape index (κ2) is 10.7. The highest BCUT2D eigenvalue weighted by Gasteiger charge is 2.12. The fourth-order valence-corrected chi connectivity index (χ4v) is 2.86. The Morgan fingerprint density at radius 1 is 1.31 bits per heavy atom. The molecule has 3 N–H and O–H groups in total. The largest absolute Gasteiger partial charge is 0.387 e. The molecule has 144 valence electrons. The summed E-state index contributed by atoms with van der Waals surface area (Å²) in [6.45, 7) is 7.61. The molecule has 0 radical (unpaired) electrons. The lowest BCUT2D eigenvalue weighted by atomic mass is 10.1. The van der Waals surface area contributed by atoms with Crippen LogP contribution >= 0.6 is 35.6 Å². The predicted molar refractivity (Wildman–Crippen MR) is 117 cm³/mol. The molecule has 0 saturated carbocycles. The van der Waals surface area contributed by atoms with Gasteiger partial charge in [0.2, 0.25) is 0 Å². The Hall–Kier alpha value is -1.32. The van der Waals surface area contributed by atoms with Crippen molar-refractivity contribution in [3.05, 3.63) is 51.8 Å². The molecule has 0 spiro atoms. The average Bonchev–Trinajstić information content (AvgIpc) is 2.83. The number of aliphatic imine (C=N–C) groups is 1. The lowest BCUT2D eigenvalue weighted by Gasteiger charge is -2.16. The van der Waals surface area contributed by atoms with Crippen LogP contribution in [-0.2, 0) is 13.6 Å². The maximum Gasteiger partial charge on any atom is 0.191 e. The number of rotatable bonds is 6. The van der Waals surface area contributed by atoms with Crippen LogP contribution in [0.4, 0.5) is 0 Å². The van der Waals surface area contributed by atoms with Crippen LogP contribution in [-0.4, -0.2) is 33.9 Å². The lowest BCUT2D eigenvalue weighted by molar-refractivity contribution is 0.181. The van der Waals surface area contributed by atoms with Gasteiger partial charge in [-0.25, -0.2) is 4.99 Å². The number of aromatic nitrogens is 2. The average molecular weight is 492 g/mol. The van der Waals surface area contributed by atoms with Crippen molar-refractivity contribution >= 4 is 41.5 Å². The van der Waals surface area contributed by atoms with E-state index in [0.29, 0.717) is 29.6 Å². The van der Waals surface area contributed by atoms with Crippen molar-refractivity contribution in [2.45, 2.75) is 33.4 Å². The molecule has 0 aliphatic carbocycles. The Kier molecular flexibility index (Phi) is 9.38. The number of hydrogen-bond donors (Lipinski definition) is 3. The molecule has 1 heterocycles. The highest BCUT2D eigenvalue weighted by Crippen LogP contribution is 2.21. The van der Waals surface area contributed by atoms with Crippen LogP contribution in [0.15, 0.2) is 29.3 Å². The molecule has 6 nitrogen and oxygen atoms in total. The number of nitrogens with zero attached hydrogens (tertiary/aromatic N) is 3. The van der Waals surface area contributed by atoms with E-state index in [4.69, 9.17) is 11.6 Å². The summed E-state index contributed by atoms with van der Waals surface area (Å²) >= 11 is 6.13. The smallest absolute Gasteiger partial charge is 0.191 e. The Morgan fingerprint density at radius 2 is 2.00 bits per heavy atom. The Balaban J connectivity index is 0.00000338. The summed E-state index contributed by atoms with van der Waals surface area (Å²) in [5.41, 5.74) is 3.90. The van der Waals surface area contributed by atoms with E-state index < -0.39 is 6.10 Å². The van der Waals surface area contributed by atoms with E-state index in [9.17, 15) is 5.11 Å². The third kappa shape index (κ3) is 5.85. The number of nitrogens with one attached hydrogen (secondary N) is 2. The highest BCUT2D eigenvalue weighted by molar-refractivity contribution is 14.0. The van der Waals surface area contributed by atoms with Crippen molar-refractivity contribution in [1.82, 2.24) is 20.4 Å². The van der Waals surface area contributed by atoms with Gasteiger partial charge in [0.25, 0.3) is 0 Å². The summed E-state index contributed by atoms with van der Waals surface area (Å²) in [4.78, 5) is 4.60. The van der Waals surface area contributed by atoms with Crippen molar-refractivity contribution in [2.75, 3.05) is 13.1 Å². The van der Waals surface area contributed by atoms with E-state index in [1.807, 2.05) is 50.7 Å². The molecule has 0 aliphatic heterocycles. The summed E-state index contributed by atoms with van der Waals surface area (Å²) in [7, 11) is 1.93. The van der Waals surface area contributed by atoms with Crippen LogP contribution in [0.1, 0.15) is 35.5 Å². The van der Waals surface area contributed by atoms with Crippen molar-refractivity contribution in [1.29, 1.82) is 0 Å². The first-order valence-electron chi connectivity index (χ1n) is 8.37. The first-order chi connectivity index (χ1) is 11.9. The van der Waals surface area contributed by atoms with Crippen molar-refractivity contribution in [3.63, 3.8) is 0 Å². The van der Waals surface area contributed by atoms with Gasteiger partial charge < -0.3 is 15.7 Å². The number of hydrogen-bond acceptors (Lipinski definition) is 3. The molecule has 0 aliphatic rings. The first kappa shape index (κ1) is 22.7. The summed E-state index contributed by atoms with van der Waals surface area (Å²) in [5.74, 6) is 0.649. The Morgan fingerprint density at radius 3 is 2.58 bits per heavy atom. The summed E-state index contributed by atoms with van der Waals surface area (Å²) in [5, 5.41) is 21.7. The van der Waals surface area contributed by atoms with Crippen LogP contribution in [0.25, 0.3) is 0 Å². The topological polar surface area (TPSA) is 74.5 Å². The highest BCUT2D eigenvalue weighted by atomic mass is 127. The van der Waals surface area contributed by atoms with Gasteiger partial charge >= 0.3 is 0 Å². The molecule has 0 bridgehead atoms. The zero-order valence-electron chi connectivity index (χ0n) is 15.6. The molecule has 1 aromatic carbocycles. The number of benzene rings is 1. The molecule has 8 heteroatoms. The Bertz CT molecular complexity index is 747. The van der Waals surface area contributed by atoms with Crippen LogP contribution in [0.3, 0.4) is 0 Å². The molecular weight excluding hydrogens is 465 g/mol. The summed E-state index contributed by atoms with van der Waals surface area (Å²) in [6.07, 6.45) is -0.709. The van der Waals surface area contributed by atoms with E-state index in [-0.39, 0.29) is 24.0 Å². The van der Waals surface area contributed by atoms with Gasteiger partial charge in [-0.1, -0.05) is 29.8 Å². The minimum Gasteiger partial charge on any atom is -0.387 e. The Labute approximate surface area is 177 Å². The van der Waals surface area contributed by atoms with Crippen molar-refractivity contribution in [3.8, 4) is 0 Å². The predicted octanol–water partition coefficient (Wildman–Crippen LogP) is 3.10. The molecule has 0 fully saturated rings. The fourth-order valence-electron chi connectivity index (χ4n) is 2.59.